The predicted octanol–water partition coefficient (Wildman–Crippen LogP) is 5.34. The predicted molar refractivity (Wildman–Crippen MR) is 165 cm³/mol. The zero-order valence-corrected chi connectivity index (χ0v) is 25.9. The van der Waals surface area contributed by atoms with Crippen molar-refractivity contribution in [3.05, 3.63) is 92.9 Å². The number of fused-ring (bicyclic) bond motifs is 4. The van der Waals surface area contributed by atoms with Gasteiger partial charge in [0.05, 0.1) is 47.0 Å². The lowest BCUT2D eigenvalue weighted by Gasteiger charge is -2.49. The van der Waals surface area contributed by atoms with Gasteiger partial charge >= 0.3 is 0 Å². The monoisotopic (exact) mass is 648 g/mol. The number of carbonyl (C=O) groups is 4. The van der Waals surface area contributed by atoms with Crippen molar-refractivity contribution in [2.24, 2.45) is 29.1 Å². The Morgan fingerprint density at radius 2 is 1.84 bits per heavy atom. The SMILES string of the molecule is CC12C(=O)N(c3ccc(F)c(Cl)c3)C(=O)C1CC1C(=CCC3C(=O)N(Cc4cccs4)C(=O)C31)C2c1ccccc1OCCO. The summed E-state index contributed by atoms with van der Waals surface area (Å²) in [6.45, 7) is 1.77. The molecule has 0 bridgehead atoms. The van der Waals surface area contributed by atoms with E-state index in [1.807, 2.05) is 35.7 Å². The molecule has 232 valence electrons. The standard InChI is InChI=1S/C34H30ClFN2O6S/c1-34-24(31(41)38(33(34)43)18-8-11-26(36)25(35)15-18)16-23-20(29(34)21-6-2-3-7-27(21)44-13-12-39)9-10-22-28(23)32(42)37(30(22)40)17-19-5-4-14-45-19/h2-9,11,14-15,22-24,28-29,39H,10,12-13,16-17H2,1H3. The minimum Gasteiger partial charge on any atom is -0.491 e. The lowest BCUT2D eigenvalue weighted by atomic mass is 9.51. The molecule has 4 amide bonds. The summed E-state index contributed by atoms with van der Waals surface area (Å²) in [5, 5.41) is 11.2. The number of benzene rings is 2. The highest BCUT2D eigenvalue weighted by Crippen LogP contribution is 2.64. The molecule has 6 unspecified atom stereocenters. The van der Waals surface area contributed by atoms with Gasteiger partial charge in [0.15, 0.2) is 0 Å². The van der Waals surface area contributed by atoms with E-state index >= 15 is 0 Å². The van der Waals surface area contributed by atoms with E-state index in [1.165, 1.54) is 28.4 Å². The molecule has 6 atom stereocenters. The number of anilines is 1. The van der Waals surface area contributed by atoms with Gasteiger partial charge in [0.25, 0.3) is 0 Å². The van der Waals surface area contributed by atoms with Gasteiger partial charge in [-0.1, -0.05) is 47.5 Å². The molecular weight excluding hydrogens is 619 g/mol. The third kappa shape index (κ3) is 4.48. The largest absolute Gasteiger partial charge is 0.491 e. The van der Waals surface area contributed by atoms with E-state index in [0.717, 1.165) is 21.4 Å². The molecular formula is C34H30ClFN2O6S. The van der Waals surface area contributed by atoms with Crippen LogP contribution in [-0.2, 0) is 25.7 Å². The smallest absolute Gasteiger partial charge is 0.241 e. The number of para-hydroxylation sites is 1. The Bertz CT molecular complexity index is 1760. The number of allylic oxidation sites excluding steroid dienone is 2. The number of imide groups is 2. The highest BCUT2D eigenvalue weighted by atomic mass is 35.5. The molecule has 0 radical (unpaired) electrons. The lowest BCUT2D eigenvalue weighted by molar-refractivity contribution is -0.141. The topological polar surface area (TPSA) is 104 Å². The van der Waals surface area contributed by atoms with Gasteiger partial charge in [0.1, 0.15) is 18.2 Å². The number of halogens is 2. The molecule has 8 nitrogen and oxygen atoms in total. The number of hydrogen-bond donors (Lipinski definition) is 1. The first-order chi connectivity index (χ1) is 21.7. The Balaban J connectivity index is 1.36. The van der Waals surface area contributed by atoms with Gasteiger partial charge in [-0.05, 0) is 61.4 Å². The maximum Gasteiger partial charge on any atom is 0.241 e. The van der Waals surface area contributed by atoms with E-state index in [2.05, 4.69) is 0 Å². The minimum absolute atomic E-state index is 0.0226. The maximum absolute atomic E-state index is 14.6. The van der Waals surface area contributed by atoms with Crippen molar-refractivity contribution in [3.63, 3.8) is 0 Å². The summed E-state index contributed by atoms with van der Waals surface area (Å²) in [4.78, 5) is 59.9. The second-order valence-electron chi connectivity index (χ2n) is 12.2. The molecule has 3 fully saturated rings. The number of hydrogen-bond acceptors (Lipinski definition) is 7. The molecule has 11 heteroatoms. The molecule has 1 N–H and O–H groups in total. The molecule has 2 aliphatic heterocycles. The van der Waals surface area contributed by atoms with Crippen LogP contribution in [0.4, 0.5) is 10.1 Å². The average molecular weight is 649 g/mol. The molecule has 45 heavy (non-hydrogen) atoms. The van der Waals surface area contributed by atoms with Crippen molar-refractivity contribution in [2.45, 2.75) is 32.2 Å². The molecule has 0 spiro atoms. The van der Waals surface area contributed by atoms with Crippen molar-refractivity contribution >= 4 is 52.3 Å². The highest BCUT2D eigenvalue weighted by molar-refractivity contribution is 7.09. The number of aliphatic hydroxyl groups is 1. The third-order valence-electron chi connectivity index (χ3n) is 10.0. The Morgan fingerprint density at radius 1 is 1.04 bits per heavy atom. The van der Waals surface area contributed by atoms with Gasteiger partial charge < -0.3 is 9.84 Å². The molecule has 4 aliphatic rings. The number of amides is 4. The number of likely N-dealkylation sites (tertiary alicyclic amines) is 1. The van der Waals surface area contributed by atoms with Crippen LogP contribution in [0.1, 0.15) is 36.1 Å². The first-order valence-electron chi connectivity index (χ1n) is 14.9. The maximum atomic E-state index is 14.6. The fourth-order valence-corrected chi connectivity index (χ4v) is 8.88. The first-order valence-corrected chi connectivity index (χ1v) is 16.2. The fraction of sp³-hybridized carbons (Fsp3) is 0.353. The lowest BCUT2D eigenvalue weighted by Crippen LogP contribution is -2.49. The summed E-state index contributed by atoms with van der Waals surface area (Å²) >= 11 is 7.56. The van der Waals surface area contributed by atoms with Crippen molar-refractivity contribution in [1.82, 2.24) is 4.90 Å². The highest BCUT2D eigenvalue weighted by Gasteiger charge is 2.68. The quantitative estimate of drug-likeness (QED) is 0.274. The summed E-state index contributed by atoms with van der Waals surface area (Å²) in [6, 6.07) is 14.7. The average Bonchev–Trinajstić information content (AvgIpc) is 3.69. The van der Waals surface area contributed by atoms with Gasteiger partial charge in [-0.2, -0.15) is 0 Å². The van der Waals surface area contributed by atoms with Crippen LogP contribution >= 0.6 is 22.9 Å². The molecule has 1 saturated carbocycles. The van der Waals surface area contributed by atoms with Gasteiger partial charge in [-0.3, -0.25) is 24.1 Å². The first kappa shape index (κ1) is 29.8. The van der Waals surface area contributed by atoms with Gasteiger partial charge in [-0.15, -0.1) is 11.3 Å². The minimum atomic E-state index is -1.30. The number of aliphatic hydroxyl groups excluding tert-OH is 1. The van der Waals surface area contributed by atoms with Crippen LogP contribution in [0.15, 0.2) is 71.6 Å². The Labute approximate surface area is 268 Å². The molecule has 3 heterocycles. The van der Waals surface area contributed by atoms with Crippen LogP contribution in [0.3, 0.4) is 0 Å². The van der Waals surface area contributed by atoms with Crippen LogP contribution in [-0.4, -0.2) is 46.8 Å². The Hall–Kier alpha value is -3.86. The van der Waals surface area contributed by atoms with E-state index in [9.17, 15) is 28.7 Å². The number of carbonyl (C=O) groups excluding carboxylic acids is 4. The zero-order chi connectivity index (χ0) is 31.6. The van der Waals surface area contributed by atoms with E-state index < -0.39 is 52.6 Å². The normalized spacial score (nSPS) is 29.1. The van der Waals surface area contributed by atoms with Crippen molar-refractivity contribution in [3.8, 4) is 5.75 Å². The van der Waals surface area contributed by atoms with E-state index in [-0.39, 0.29) is 48.7 Å². The second kappa shape index (κ2) is 11.2. The van der Waals surface area contributed by atoms with Gasteiger partial charge in [-0.25, -0.2) is 9.29 Å². The van der Waals surface area contributed by atoms with E-state index in [4.69, 9.17) is 16.3 Å². The van der Waals surface area contributed by atoms with E-state index in [0.29, 0.717) is 17.7 Å². The number of thiophene rings is 1. The zero-order valence-electron chi connectivity index (χ0n) is 24.3. The number of rotatable bonds is 7. The Morgan fingerprint density at radius 3 is 2.58 bits per heavy atom. The second-order valence-corrected chi connectivity index (χ2v) is 13.7. The summed E-state index contributed by atoms with van der Waals surface area (Å²) in [6.07, 6.45) is 2.51. The summed E-state index contributed by atoms with van der Waals surface area (Å²) in [7, 11) is 0. The molecule has 2 aromatic carbocycles. The molecule has 1 aromatic heterocycles. The van der Waals surface area contributed by atoms with Crippen LogP contribution in [0.5, 0.6) is 5.75 Å². The Kier molecular flexibility index (Phi) is 7.42. The van der Waals surface area contributed by atoms with Gasteiger partial charge in [0, 0.05) is 16.4 Å². The third-order valence-corrected chi connectivity index (χ3v) is 11.2. The molecule has 3 aromatic rings. The van der Waals surface area contributed by atoms with Crippen LogP contribution < -0.4 is 9.64 Å². The van der Waals surface area contributed by atoms with E-state index in [1.54, 1.807) is 19.1 Å². The summed E-state index contributed by atoms with van der Waals surface area (Å²) in [5.41, 5.74) is 0.350. The molecule has 2 saturated heterocycles. The van der Waals surface area contributed by atoms with Crippen molar-refractivity contribution in [1.29, 1.82) is 0 Å². The fourth-order valence-electron chi connectivity index (χ4n) is 8.02. The van der Waals surface area contributed by atoms with Crippen LogP contribution in [0, 0.1) is 34.9 Å². The van der Waals surface area contributed by atoms with Crippen molar-refractivity contribution in [2.75, 3.05) is 18.1 Å². The summed E-state index contributed by atoms with van der Waals surface area (Å²) < 4.78 is 20.0. The number of ether oxygens (including phenoxy) is 1. The molecule has 7 rings (SSSR count). The van der Waals surface area contributed by atoms with Crippen molar-refractivity contribution < 1.29 is 33.4 Å². The molecule has 2 aliphatic carbocycles. The number of nitrogens with zero attached hydrogens (tertiary/aromatic N) is 2. The van der Waals surface area contributed by atoms with Crippen LogP contribution in [0.25, 0.3) is 0 Å². The summed E-state index contributed by atoms with van der Waals surface area (Å²) in [5.74, 6) is -4.86. The van der Waals surface area contributed by atoms with Crippen LogP contribution in [0.2, 0.25) is 5.02 Å². The van der Waals surface area contributed by atoms with Gasteiger partial charge in [0.2, 0.25) is 23.6 Å².